The number of rotatable bonds is 4. The molecule has 0 heterocycles. The molecule has 0 radical (unpaired) electrons. The summed E-state index contributed by atoms with van der Waals surface area (Å²) in [6, 6.07) is 3.75. The fourth-order valence-electron chi connectivity index (χ4n) is 1.49. The van der Waals surface area contributed by atoms with Crippen molar-refractivity contribution < 1.29 is 31.1 Å². The first-order valence-corrected chi connectivity index (χ1v) is 6.53. The van der Waals surface area contributed by atoms with Gasteiger partial charge in [0.1, 0.15) is 5.75 Å². The second-order valence-electron chi connectivity index (χ2n) is 4.28. The minimum atomic E-state index is -5.55. The van der Waals surface area contributed by atoms with E-state index in [1.807, 2.05) is 0 Å². The average molecular weight is 380 g/mol. The number of hydrogen-bond donors (Lipinski definition) is 1. The molecule has 1 atom stereocenters. The molecule has 0 aliphatic rings. The van der Waals surface area contributed by atoms with Crippen LogP contribution >= 0.6 is 15.9 Å². The van der Waals surface area contributed by atoms with E-state index in [0.717, 1.165) is 6.07 Å². The van der Waals surface area contributed by atoms with Crippen molar-refractivity contribution >= 4 is 15.9 Å². The summed E-state index contributed by atoms with van der Waals surface area (Å²) in [6.45, 7) is 1.79. The first kappa shape index (κ1) is 18.1. The number of ether oxygens (including phenoxy) is 1. The van der Waals surface area contributed by atoms with Crippen molar-refractivity contribution in [1.29, 1.82) is 0 Å². The third-order valence-corrected chi connectivity index (χ3v) is 3.35. The molecular formula is C12H12BrF6NO. The highest BCUT2D eigenvalue weighted by Gasteiger charge is 2.59. The predicted molar refractivity (Wildman–Crippen MR) is 68.1 cm³/mol. The molecule has 1 rings (SSSR count). The Morgan fingerprint density at radius 2 is 1.62 bits per heavy atom. The number of halogens is 7. The van der Waals surface area contributed by atoms with Crippen molar-refractivity contribution in [3.8, 4) is 5.75 Å². The molecule has 1 aromatic rings. The summed E-state index contributed by atoms with van der Waals surface area (Å²) < 4.78 is 78.7. The summed E-state index contributed by atoms with van der Waals surface area (Å²) in [7, 11) is 1.67. The minimum Gasteiger partial charge on any atom is -0.470 e. The second kappa shape index (κ2) is 6.43. The van der Waals surface area contributed by atoms with E-state index in [4.69, 9.17) is 0 Å². The highest BCUT2D eigenvalue weighted by molar-refractivity contribution is 9.10. The lowest BCUT2D eigenvalue weighted by Crippen LogP contribution is -2.46. The molecule has 0 fully saturated rings. The molecule has 120 valence electrons. The lowest BCUT2D eigenvalue weighted by Gasteiger charge is -2.24. The van der Waals surface area contributed by atoms with Crippen molar-refractivity contribution in [2.75, 3.05) is 7.05 Å². The molecule has 0 saturated carbocycles. The molecule has 0 aliphatic carbocycles. The van der Waals surface area contributed by atoms with Gasteiger partial charge in [0, 0.05) is 6.04 Å². The molecule has 0 bridgehead atoms. The van der Waals surface area contributed by atoms with E-state index < -0.39 is 24.2 Å². The van der Waals surface area contributed by atoms with Gasteiger partial charge in [0.05, 0.1) is 4.47 Å². The van der Waals surface area contributed by atoms with Gasteiger partial charge < -0.3 is 10.1 Å². The molecule has 21 heavy (non-hydrogen) atoms. The Hall–Kier alpha value is -0.960. The molecule has 0 aliphatic heterocycles. The molecule has 1 aromatic carbocycles. The van der Waals surface area contributed by atoms with Crippen LogP contribution in [-0.2, 0) is 0 Å². The quantitative estimate of drug-likeness (QED) is 0.771. The van der Waals surface area contributed by atoms with E-state index in [0.29, 0.717) is 5.56 Å². The van der Waals surface area contributed by atoms with Gasteiger partial charge in [-0.25, -0.2) is 0 Å². The van der Waals surface area contributed by atoms with Crippen LogP contribution in [0.3, 0.4) is 0 Å². The molecule has 0 amide bonds. The topological polar surface area (TPSA) is 21.3 Å². The normalized spacial score (nSPS) is 14.4. The van der Waals surface area contributed by atoms with E-state index in [-0.39, 0.29) is 10.5 Å². The van der Waals surface area contributed by atoms with Crippen LogP contribution in [0.25, 0.3) is 0 Å². The van der Waals surface area contributed by atoms with Crippen LogP contribution in [0.2, 0.25) is 0 Å². The Bertz CT molecular complexity index is 474. The maximum atomic E-state index is 12.4. The fraction of sp³-hybridized carbons (Fsp3) is 0.500. The standard InChI is InChI=1S/C12H12BrF6NO/c1-6(20-2)7-3-4-9(8(13)5-7)21-10(11(14,15)16)12(17,18)19/h3-6,10,20H,1-2H3. The average Bonchev–Trinajstić information content (AvgIpc) is 2.33. The summed E-state index contributed by atoms with van der Waals surface area (Å²) in [5.41, 5.74) is 0.687. The van der Waals surface area contributed by atoms with Crippen LogP contribution < -0.4 is 10.1 Å². The second-order valence-corrected chi connectivity index (χ2v) is 5.14. The zero-order valence-electron chi connectivity index (χ0n) is 10.9. The third-order valence-electron chi connectivity index (χ3n) is 2.73. The summed E-state index contributed by atoms with van der Waals surface area (Å²) >= 11 is 2.92. The first-order chi connectivity index (χ1) is 9.46. The maximum absolute atomic E-state index is 12.4. The van der Waals surface area contributed by atoms with Gasteiger partial charge >= 0.3 is 12.4 Å². The van der Waals surface area contributed by atoms with Crippen molar-refractivity contribution in [2.45, 2.75) is 31.4 Å². The lowest BCUT2D eigenvalue weighted by atomic mass is 10.1. The predicted octanol–water partition coefficient (Wildman–Crippen LogP) is 4.60. The number of nitrogens with one attached hydrogen (secondary N) is 1. The van der Waals surface area contributed by atoms with Crippen LogP contribution in [0.5, 0.6) is 5.75 Å². The van der Waals surface area contributed by atoms with E-state index >= 15 is 0 Å². The van der Waals surface area contributed by atoms with Gasteiger partial charge in [-0.15, -0.1) is 0 Å². The number of benzene rings is 1. The Labute approximate surface area is 125 Å². The minimum absolute atomic E-state index is 0.0144. The molecule has 9 heteroatoms. The smallest absolute Gasteiger partial charge is 0.434 e. The molecule has 0 spiro atoms. The Morgan fingerprint density at radius 1 is 1.10 bits per heavy atom. The summed E-state index contributed by atoms with van der Waals surface area (Å²) in [5, 5.41) is 2.90. The van der Waals surface area contributed by atoms with Crippen molar-refractivity contribution in [3.63, 3.8) is 0 Å². The fourth-order valence-corrected chi connectivity index (χ4v) is 1.98. The highest BCUT2D eigenvalue weighted by Crippen LogP contribution is 2.38. The van der Waals surface area contributed by atoms with E-state index in [1.165, 1.54) is 12.1 Å². The molecule has 0 saturated heterocycles. The van der Waals surface area contributed by atoms with Gasteiger partial charge in [-0.2, -0.15) is 26.3 Å². The molecule has 1 unspecified atom stereocenters. The lowest BCUT2D eigenvalue weighted by molar-refractivity contribution is -0.300. The monoisotopic (exact) mass is 379 g/mol. The SMILES string of the molecule is CNC(C)c1ccc(OC(C(F)(F)F)C(F)(F)F)c(Br)c1. The van der Waals surface area contributed by atoms with Crippen LogP contribution in [-0.4, -0.2) is 25.5 Å². The Morgan fingerprint density at radius 3 is 2.00 bits per heavy atom. The van der Waals surface area contributed by atoms with Crippen molar-refractivity contribution in [1.82, 2.24) is 5.32 Å². The Kier molecular flexibility index (Phi) is 5.54. The molecule has 2 nitrogen and oxygen atoms in total. The molecular weight excluding hydrogens is 368 g/mol. The van der Waals surface area contributed by atoms with Gasteiger partial charge in [0.15, 0.2) is 0 Å². The Balaban J connectivity index is 3.06. The van der Waals surface area contributed by atoms with Gasteiger partial charge in [0.2, 0.25) is 0 Å². The van der Waals surface area contributed by atoms with Crippen LogP contribution in [0.15, 0.2) is 22.7 Å². The van der Waals surface area contributed by atoms with E-state index in [9.17, 15) is 26.3 Å². The van der Waals surface area contributed by atoms with Gasteiger partial charge in [0.25, 0.3) is 6.10 Å². The van der Waals surface area contributed by atoms with Crippen LogP contribution in [0.4, 0.5) is 26.3 Å². The van der Waals surface area contributed by atoms with Crippen molar-refractivity contribution in [2.24, 2.45) is 0 Å². The largest absolute Gasteiger partial charge is 0.470 e. The van der Waals surface area contributed by atoms with Crippen molar-refractivity contribution in [3.05, 3.63) is 28.2 Å². The zero-order valence-corrected chi connectivity index (χ0v) is 12.5. The van der Waals surface area contributed by atoms with Crippen LogP contribution in [0, 0.1) is 0 Å². The van der Waals surface area contributed by atoms with E-state index in [2.05, 4.69) is 26.0 Å². The van der Waals surface area contributed by atoms with E-state index in [1.54, 1.807) is 14.0 Å². The highest BCUT2D eigenvalue weighted by atomic mass is 79.9. The molecule has 0 aromatic heterocycles. The van der Waals surface area contributed by atoms with Gasteiger partial charge in [-0.1, -0.05) is 6.07 Å². The molecule has 1 N–H and O–H groups in total. The first-order valence-electron chi connectivity index (χ1n) is 5.73. The zero-order chi connectivity index (χ0) is 16.4. The summed E-state index contributed by atoms with van der Waals surface area (Å²) in [6.07, 6.45) is -15.0. The van der Waals surface area contributed by atoms with Crippen LogP contribution in [0.1, 0.15) is 18.5 Å². The number of alkyl halides is 6. The van der Waals surface area contributed by atoms with Gasteiger partial charge in [-0.3, -0.25) is 0 Å². The van der Waals surface area contributed by atoms with Gasteiger partial charge in [-0.05, 0) is 47.6 Å². The number of hydrogen-bond acceptors (Lipinski definition) is 2. The maximum Gasteiger partial charge on any atom is 0.434 e. The summed E-state index contributed by atoms with van der Waals surface area (Å²) in [4.78, 5) is 0. The third kappa shape index (κ3) is 4.77. The summed E-state index contributed by atoms with van der Waals surface area (Å²) in [5.74, 6) is -0.526.